The zero-order valence-electron chi connectivity index (χ0n) is 15.9. The first-order chi connectivity index (χ1) is 13.9. The molecule has 2 aromatic rings. The summed E-state index contributed by atoms with van der Waals surface area (Å²) in [4.78, 5) is 39.0. The van der Waals surface area contributed by atoms with Gasteiger partial charge in [-0.3, -0.25) is 14.4 Å². The van der Waals surface area contributed by atoms with Gasteiger partial charge in [-0.05, 0) is 23.8 Å². The van der Waals surface area contributed by atoms with Crippen molar-refractivity contribution in [2.24, 2.45) is 0 Å². The Morgan fingerprint density at radius 2 is 1.38 bits per heavy atom. The highest BCUT2D eigenvalue weighted by Crippen LogP contribution is 2.38. The van der Waals surface area contributed by atoms with Gasteiger partial charge in [0.2, 0.25) is 11.8 Å². The second-order valence-corrected chi connectivity index (χ2v) is 7.51. The summed E-state index contributed by atoms with van der Waals surface area (Å²) < 4.78 is 0. The van der Waals surface area contributed by atoms with Gasteiger partial charge < -0.3 is 9.80 Å². The lowest BCUT2D eigenvalue weighted by Crippen LogP contribution is -2.49. The number of amides is 2. The summed E-state index contributed by atoms with van der Waals surface area (Å²) in [6.45, 7) is 3.57. The average molecular weight is 431 g/mol. The van der Waals surface area contributed by atoms with Crippen molar-refractivity contribution in [3.63, 3.8) is 0 Å². The van der Waals surface area contributed by atoms with Crippen molar-refractivity contribution in [1.29, 1.82) is 0 Å². The lowest BCUT2D eigenvalue weighted by molar-refractivity contribution is -0.135. The molecule has 2 aromatic carbocycles. The molecule has 0 N–H and O–H groups in total. The highest BCUT2D eigenvalue weighted by atomic mass is 35.5. The number of hydrogen-bond acceptors (Lipinski definition) is 3. The monoisotopic (exact) mass is 430 g/mol. The van der Waals surface area contributed by atoms with Gasteiger partial charge in [0.15, 0.2) is 6.29 Å². The van der Waals surface area contributed by atoms with Crippen LogP contribution >= 0.6 is 23.2 Å². The van der Waals surface area contributed by atoms with E-state index in [9.17, 15) is 14.4 Å². The molecule has 1 saturated heterocycles. The Hall–Kier alpha value is -2.63. The maximum absolute atomic E-state index is 12.6. The largest absolute Gasteiger partial charge is 0.339 e. The third-order valence-corrected chi connectivity index (χ3v) is 5.54. The van der Waals surface area contributed by atoms with Crippen molar-refractivity contribution >= 4 is 47.4 Å². The standard InChI is InChI=1S/C22H20Cl2N2O3/c1-15(28)25-10-12-26(13-11-25)20(29)9-8-16-4-2-6-18(23)21(16)22-17(14-27)5-3-7-19(22)24/h2-9,14H,10-13H2,1H3/b9-8+. The quantitative estimate of drug-likeness (QED) is 0.539. The van der Waals surface area contributed by atoms with E-state index in [1.165, 1.54) is 13.0 Å². The van der Waals surface area contributed by atoms with Crippen LogP contribution in [0.4, 0.5) is 0 Å². The second kappa shape index (κ2) is 9.25. The van der Waals surface area contributed by atoms with Gasteiger partial charge in [0.1, 0.15) is 0 Å². The summed E-state index contributed by atoms with van der Waals surface area (Å²) in [5, 5.41) is 0.843. The molecule has 0 radical (unpaired) electrons. The molecule has 3 rings (SSSR count). The molecule has 1 fully saturated rings. The molecular formula is C22H20Cl2N2O3. The van der Waals surface area contributed by atoms with Gasteiger partial charge in [0, 0.05) is 65.9 Å². The van der Waals surface area contributed by atoms with E-state index < -0.39 is 0 Å². The van der Waals surface area contributed by atoms with E-state index in [0.29, 0.717) is 58.5 Å². The number of aldehydes is 1. The van der Waals surface area contributed by atoms with Crippen molar-refractivity contribution < 1.29 is 14.4 Å². The minimum Gasteiger partial charge on any atom is -0.339 e. The van der Waals surface area contributed by atoms with E-state index in [1.54, 1.807) is 46.2 Å². The normalized spacial score (nSPS) is 14.3. The molecule has 1 aliphatic rings. The highest BCUT2D eigenvalue weighted by molar-refractivity contribution is 6.37. The van der Waals surface area contributed by atoms with E-state index in [-0.39, 0.29) is 11.8 Å². The van der Waals surface area contributed by atoms with Crippen LogP contribution < -0.4 is 0 Å². The van der Waals surface area contributed by atoms with Crippen LogP contribution in [0, 0.1) is 0 Å². The lowest BCUT2D eigenvalue weighted by Gasteiger charge is -2.33. The molecule has 29 heavy (non-hydrogen) atoms. The van der Waals surface area contributed by atoms with Crippen LogP contribution in [0.1, 0.15) is 22.8 Å². The van der Waals surface area contributed by atoms with Crippen LogP contribution in [0.15, 0.2) is 42.5 Å². The fourth-order valence-corrected chi connectivity index (χ4v) is 3.91. The Labute approximate surface area is 179 Å². The fourth-order valence-electron chi connectivity index (χ4n) is 3.35. The minimum absolute atomic E-state index is 0.0157. The van der Waals surface area contributed by atoms with Gasteiger partial charge in [-0.1, -0.05) is 47.5 Å². The molecule has 5 nitrogen and oxygen atoms in total. The van der Waals surface area contributed by atoms with Crippen LogP contribution in [0.5, 0.6) is 0 Å². The first-order valence-electron chi connectivity index (χ1n) is 9.17. The van der Waals surface area contributed by atoms with E-state index in [1.807, 2.05) is 6.07 Å². The minimum atomic E-state index is -0.145. The summed E-state index contributed by atoms with van der Waals surface area (Å²) in [5.74, 6) is -0.129. The van der Waals surface area contributed by atoms with Crippen LogP contribution in [0.25, 0.3) is 17.2 Å². The zero-order valence-corrected chi connectivity index (χ0v) is 17.4. The molecule has 1 heterocycles. The van der Waals surface area contributed by atoms with Crippen molar-refractivity contribution in [3.8, 4) is 11.1 Å². The van der Waals surface area contributed by atoms with Crippen LogP contribution in [0.2, 0.25) is 10.0 Å². The number of piperazine rings is 1. The average Bonchev–Trinajstić information content (AvgIpc) is 2.72. The molecule has 0 atom stereocenters. The van der Waals surface area contributed by atoms with E-state index >= 15 is 0 Å². The molecule has 150 valence electrons. The number of nitrogens with zero attached hydrogens (tertiary/aromatic N) is 2. The SMILES string of the molecule is CC(=O)N1CCN(C(=O)/C=C/c2cccc(Cl)c2-c2c(Cl)cccc2C=O)CC1. The first-order valence-corrected chi connectivity index (χ1v) is 9.93. The topological polar surface area (TPSA) is 57.7 Å². The van der Waals surface area contributed by atoms with Crippen LogP contribution in [-0.2, 0) is 9.59 Å². The Balaban J connectivity index is 1.88. The molecule has 2 amide bonds. The molecule has 0 unspecified atom stereocenters. The van der Waals surface area contributed by atoms with E-state index in [4.69, 9.17) is 23.2 Å². The molecule has 1 aliphatic heterocycles. The molecule has 0 bridgehead atoms. The number of rotatable bonds is 4. The third-order valence-electron chi connectivity index (χ3n) is 4.91. The Morgan fingerprint density at radius 3 is 1.93 bits per heavy atom. The third kappa shape index (κ3) is 4.69. The number of halogens is 2. The van der Waals surface area contributed by atoms with Crippen LogP contribution in [-0.4, -0.2) is 54.1 Å². The van der Waals surface area contributed by atoms with Crippen molar-refractivity contribution in [2.45, 2.75) is 6.92 Å². The van der Waals surface area contributed by atoms with Crippen molar-refractivity contribution in [1.82, 2.24) is 9.80 Å². The van der Waals surface area contributed by atoms with Crippen molar-refractivity contribution in [2.75, 3.05) is 26.2 Å². The Bertz CT molecular complexity index is 980. The van der Waals surface area contributed by atoms with Gasteiger partial charge >= 0.3 is 0 Å². The maximum Gasteiger partial charge on any atom is 0.246 e. The summed E-state index contributed by atoms with van der Waals surface area (Å²) in [6.07, 6.45) is 3.90. The first kappa shape index (κ1) is 21.1. The fraction of sp³-hybridized carbons (Fsp3) is 0.227. The maximum atomic E-state index is 12.6. The molecule has 7 heteroatoms. The van der Waals surface area contributed by atoms with Crippen LogP contribution in [0.3, 0.4) is 0 Å². The van der Waals surface area contributed by atoms with Gasteiger partial charge in [-0.15, -0.1) is 0 Å². The molecule has 0 spiro atoms. The number of hydrogen-bond donors (Lipinski definition) is 0. The van der Waals surface area contributed by atoms with Gasteiger partial charge in [-0.25, -0.2) is 0 Å². The Morgan fingerprint density at radius 1 is 0.862 bits per heavy atom. The molecular weight excluding hydrogens is 411 g/mol. The van der Waals surface area contributed by atoms with E-state index in [0.717, 1.165) is 6.29 Å². The molecule has 0 saturated carbocycles. The van der Waals surface area contributed by atoms with E-state index in [2.05, 4.69) is 0 Å². The second-order valence-electron chi connectivity index (χ2n) is 6.69. The molecule has 0 aliphatic carbocycles. The zero-order chi connectivity index (χ0) is 21.0. The van der Waals surface area contributed by atoms with Gasteiger partial charge in [0.25, 0.3) is 0 Å². The number of benzene rings is 2. The van der Waals surface area contributed by atoms with Crippen molar-refractivity contribution in [3.05, 3.63) is 63.6 Å². The summed E-state index contributed by atoms with van der Waals surface area (Å²) in [6, 6.07) is 10.4. The Kier molecular flexibility index (Phi) is 6.72. The highest BCUT2D eigenvalue weighted by Gasteiger charge is 2.21. The predicted molar refractivity (Wildman–Crippen MR) is 115 cm³/mol. The summed E-state index contributed by atoms with van der Waals surface area (Å²) >= 11 is 12.8. The predicted octanol–water partition coefficient (Wildman–Crippen LogP) is 4.18. The summed E-state index contributed by atoms with van der Waals surface area (Å²) in [5.41, 5.74) is 2.25. The number of carbonyl (C=O) groups is 3. The van der Waals surface area contributed by atoms with Gasteiger partial charge in [0.05, 0.1) is 0 Å². The van der Waals surface area contributed by atoms with Gasteiger partial charge in [-0.2, -0.15) is 0 Å². The smallest absolute Gasteiger partial charge is 0.246 e. The lowest BCUT2D eigenvalue weighted by atomic mass is 9.95. The molecule has 0 aromatic heterocycles. The summed E-state index contributed by atoms with van der Waals surface area (Å²) in [7, 11) is 0. The number of carbonyl (C=O) groups excluding carboxylic acids is 3.